The van der Waals surface area contributed by atoms with Crippen LogP contribution >= 0.6 is 11.6 Å². The molecule has 182 valence electrons. The lowest BCUT2D eigenvalue weighted by Crippen LogP contribution is -2.40. The van der Waals surface area contributed by atoms with Crippen LogP contribution in [0, 0.1) is 5.95 Å². The van der Waals surface area contributed by atoms with Crippen molar-refractivity contribution in [3.8, 4) is 11.3 Å². The molecule has 0 aromatic carbocycles. The zero-order valence-corrected chi connectivity index (χ0v) is 19.7. The smallest absolute Gasteiger partial charge is 0.294 e. The predicted octanol–water partition coefficient (Wildman–Crippen LogP) is 3.68. The van der Waals surface area contributed by atoms with E-state index in [0.717, 1.165) is 12.8 Å². The lowest BCUT2D eigenvalue weighted by Gasteiger charge is -2.32. The number of nitrogens with zero attached hydrogens (tertiary/aromatic N) is 7. The zero-order chi connectivity index (χ0) is 25.2. The zero-order valence-electron chi connectivity index (χ0n) is 18.9. The van der Waals surface area contributed by atoms with Gasteiger partial charge >= 0.3 is 0 Å². The Hall–Kier alpha value is -4.25. The van der Waals surface area contributed by atoms with Gasteiger partial charge in [-0.1, -0.05) is 24.2 Å². The molecular formula is C24H20ClFN8O2. The number of hydrogen-bond acceptors (Lipinski definition) is 7. The maximum Gasteiger partial charge on any atom is 0.294 e. The highest BCUT2D eigenvalue weighted by Gasteiger charge is 2.27. The largest absolute Gasteiger partial charge is 0.337 e. The lowest BCUT2D eigenvalue weighted by atomic mass is 10.1. The van der Waals surface area contributed by atoms with Crippen LogP contribution in [-0.4, -0.2) is 59.5 Å². The molecule has 4 aromatic heterocycles. The molecule has 1 aliphatic rings. The number of nitrogens with one attached hydrogen (secondary N) is 1. The van der Waals surface area contributed by atoms with E-state index in [2.05, 4.69) is 31.8 Å². The van der Waals surface area contributed by atoms with E-state index in [9.17, 15) is 14.0 Å². The Morgan fingerprint density at radius 2 is 2.00 bits per heavy atom. The van der Waals surface area contributed by atoms with Crippen molar-refractivity contribution in [2.45, 2.75) is 18.9 Å². The van der Waals surface area contributed by atoms with Gasteiger partial charge in [-0.25, -0.2) is 15.0 Å². The third-order valence-electron chi connectivity index (χ3n) is 5.88. The van der Waals surface area contributed by atoms with Crippen molar-refractivity contribution in [1.29, 1.82) is 0 Å². The molecule has 5 heterocycles. The topological polar surface area (TPSA) is 119 Å². The first-order chi connectivity index (χ1) is 17.4. The van der Waals surface area contributed by atoms with Gasteiger partial charge in [-0.3, -0.25) is 19.3 Å². The van der Waals surface area contributed by atoms with Gasteiger partial charge in [-0.2, -0.15) is 9.49 Å². The average Bonchev–Trinajstić information content (AvgIpc) is 3.29. The lowest BCUT2D eigenvalue weighted by molar-refractivity contribution is -0.127. The van der Waals surface area contributed by atoms with Crippen molar-refractivity contribution >= 4 is 40.1 Å². The molecule has 1 unspecified atom stereocenters. The quantitative estimate of drug-likeness (QED) is 0.324. The van der Waals surface area contributed by atoms with Crippen LogP contribution in [-0.2, 0) is 4.79 Å². The fourth-order valence-electron chi connectivity index (χ4n) is 4.22. The standard InChI is InChI=1S/C24H20ClFN8O2/c1-2-20(35)33-8-4-5-15(13-33)34-22-16(11-27-12-17(22)25)21(32-34)14-9-28-23(29-10-14)24(36)31-19-7-3-6-18(26)30-19/h2-3,6-7,9-12,15H,1,4-5,8,13H2,(H,30,31,36). The molecule has 0 saturated carbocycles. The predicted molar refractivity (Wildman–Crippen MR) is 131 cm³/mol. The van der Waals surface area contributed by atoms with E-state index >= 15 is 0 Å². The number of carbonyl (C=O) groups is 2. The normalized spacial score (nSPS) is 15.6. The summed E-state index contributed by atoms with van der Waals surface area (Å²) < 4.78 is 15.1. The average molecular weight is 507 g/mol. The SMILES string of the molecule is C=CC(=O)N1CCCC(n2nc(-c3cnc(C(=O)Nc4cccc(F)n4)nc3)c3cncc(Cl)c32)C1. The van der Waals surface area contributed by atoms with Gasteiger partial charge in [0.25, 0.3) is 5.91 Å². The van der Waals surface area contributed by atoms with Crippen LogP contribution in [0.1, 0.15) is 29.5 Å². The van der Waals surface area contributed by atoms with E-state index in [1.165, 1.54) is 36.7 Å². The minimum absolute atomic E-state index is 0.0505. The molecule has 12 heteroatoms. The van der Waals surface area contributed by atoms with Crippen molar-refractivity contribution in [3.63, 3.8) is 0 Å². The van der Waals surface area contributed by atoms with Gasteiger partial charge in [0.2, 0.25) is 17.7 Å². The van der Waals surface area contributed by atoms with Gasteiger partial charge in [-0.15, -0.1) is 0 Å². The van der Waals surface area contributed by atoms with Crippen LogP contribution in [0.25, 0.3) is 22.2 Å². The number of rotatable bonds is 5. The summed E-state index contributed by atoms with van der Waals surface area (Å²) in [6.07, 6.45) is 9.10. The second kappa shape index (κ2) is 9.78. The van der Waals surface area contributed by atoms with Gasteiger partial charge in [0.05, 0.1) is 16.6 Å². The molecule has 10 nitrogen and oxygen atoms in total. The molecule has 1 aliphatic heterocycles. The summed E-state index contributed by atoms with van der Waals surface area (Å²) in [7, 11) is 0. The van der Waals surface area contributed by atoms with Gasteiger partial charge in [0.15, 0.2) is 0 Å². The van der Waals surface area contributed by atoms with E-state index in [-0.39, 0.29) is 23.6 Å². The van der Waals surface area contributed by atoms with Crippen LogP contribution in [0.4, 0.5) is 10.2 Å². The van der Waals surface area contributed by atoms with Crippen LogP contribution in [0.3, 0.4) is 0 Å². The third kappa shape index (κ3) is 4.52. The maximum absolute atomic E-state index is 13.3. The molecule has 2 amide bonds. The molecule has 0 radical (unpaired) electrons. The first-order valence-electron chi connectivity index (χ1n) is 11.1. The molecule has 5 rings (SSSR count). The summed E-state index contributed by atoms with van der Waals surface area (Å²) in [5, 5.41) is 8.39. The number of piperidine rings is 1. The Labute approximate surface area is 209 Å². The number of likely N-dealkylation sites (tertiary alicyclic amines) is 1. The van der Waals surface area contributed by atoms with Crippen LogP contribution in [0.15, 0.2) is 55.6 Å². The summed E-state index contributed by atoms with van der Waals surface area (Å²) in [6.45, 7) is 4.72. The Kier molecular flexibility index (Phi) is 6.38. The Morgan fingerprint density at radius 1 is 1.19 bits per heavy atom. The van der Waals surface area contributed by atoms with E-state index in [0.29, 0.717) is 40.3 Å². The van der Waals surface area contributed by atoms with E-state index in [1.807, 2.05) is 4.68 Å². The second-order valence-corrected chi connectivity index (χ2v) is 8.60. The molecule has 4 aromatic rings. The molecule has 0 spiro atoms. The van der Waals surface area contributed by atoms with Gasteiger partial charge in [0.1, 0.15) is 11.5 Å². The first-order valence-corrected chi connectivity index (χ1v) is 11.5. The van der Waals surface area contributed by atoms with Crippen molar-refractivity contribution < 1.29 is 14.0 Å². The molecule has 0 bridgehead atoms. The molecule has 1 N–H and O–H groups in total. The molecule has 1 fully saturated rings. The van der Waals surface area contributed by atoms with Crippen LogP contribution in [0.2, 0.25) is 5.02 Å². The summed E-state index contributed by atoms with van der Waals surface area (Å²) >= 11 is 6.53. The number of aromatic nitrogens is 6. The van der Waals surface area contributed by atoms with Gasteiger partial charge in [-0.05, 0) is 31.1 Å². The molecule has 0 aliphatic carbocycles. The number of halogens is 2. The highest BCUT2D eigenvalue weighted by atomic mass is 35.5. The number of pyridine rings is 2. The van der Waals surface area contributed by atoms with Crippen LogP contribution in [0.5, 0.6) is 0 Å². The van der Waals surface area contributed by atoms with Crippen LogP contribution < -0.4 is 5.32 Å². The van der Waals surface area contributed by atoms with E-state index in [4.69, 9.17) is 16.7 Å². The number of carbonyl (C=O) groups excluding carboxylic acids is 2. The first kappa shape index (κ1) is 23.5. The Balaban J connectivity index is 1.46. The summed E-state index contributed by atoms with van der Waals surface area (Å²) in [4.78, 5) is 42.5. The third-order valence-corrected chi connectivity index (χ3v) is 6.16. The summed E-state index contributed by atoms with van der Waals surface area (Å²) in [6, 6.07) is 3.97. The highest BCUT2D eigenvalue weighted by molar-refractivity contribution is 6.35. The van der Waals surface area contributed by atoms with E-state index in [1.54, 1.807) is 17.3 Å². The maximum atomic E-state index is 13.3. The summed E-state index contributed by atoms with van der Waals surface area (Å²) in [5.74, 6) is -1.53. The number of amides is 2. The van der Waals surface area contributed by atoms with Gasteiger partial charge < -0.3 is 10.2 Å². The molecule has 1 atom stereocenters. The Bertz CT molecular complexity index is 1470. The number of anilines is 1. The fraction of sp³-hybridized carbons (Fsp3) is 0.208. The fourth-order valence-corrected chi connectivity index (χ4v) is 4.47. The van der Waals surface area contributed by atoms with E-state index < -0.39 is 11.9 Å². The monoisotopic (exact) mass is 506 g/mol. The van der Waals surface area contributed by atoms with Crippen molar-refractivity contribution in [2.24, 2.45) is 0 Å². The second-order valence-electron chi connectivity index (χ2n) is 8.19. The van der Waals surface area contributed by atoms with Crippen molar-refractivity contribution in [3.05, 3.63) is 72.4 Å². The molecular weight excluding hydrogens is 487 g/mol. The van der Waals surface area contributed by atoms with Crippen molar-refractivity contribution in [1.82, 2.24) is 34.6 Å². The number of hydrogen-bond donors (Lipinski definition) is 1. The summed E-state index contributed by atoms with van der Waals surface area (Å²) in [5.41, 5.74) is 1.79. The molecule has 36 heavy (non-hydrogen) atoms. The van der Waals surface area contributed by atoms with Crippen molar-refractivity contribution in [2.75, 3.05) is 18.4 Å². The van der Waals surface area contributed by atoms with Gasteiger partial charge in [0, 0.05) is 48.8 Å². The number of fused-ring (bicyclic) bond motifs is 1. The minimum atomic E-state index is -0.714. The highest BCUT2D eigenvalue weighted by Crippen LogP contribution is 2.35. The minimum Gasteiger partial charge on any atom is -0.337 e. The Morgan fingerprint density at radius 3 is 2.75 bits per heavy atom. The molecule has 1 saturated heterocycles.